The molecule has 0 bridgehead atoms. The minimum absolute atomic E-state index is 0.0460. The Labute approximate surface area is 279 Å². The first-order chi connectivity index (χ1) is 23.3. The van der Waals surface area contributed by atoms with Gasteiger partial charge in [0.2, 0.25) is 0 Å². The summed E-state index contributed by atoms with van der Waals surface area (Å²) in [5.41, 5.74) is 3.95. The lowest BCUT2D eigenvalue weighted by molar-refractivity contribution is 0.102. The standard InChI is InChI=1S/C35H36N8O4S/c1-42(30-12-6-3-7-13-30)48(46,47)32-14-8-11-29(23-32)36-35(45)43(31-21-19-27(20-22-31)26-9-4-2-5-10-26)24-25-15-17-28(18-16-25)33(44)37-34-38-40-41-39-34/h3,6-8,11-23,26H,2,4-5,9-10,24H2,1H3,(H,36,45)(H2,37,38,39,40,41,44). The van der Waals surface area contributed by atoms with Crippen molar-refractivity contribution in [2.45, 2.75) is 49.5 Å². The molecule has 0 unspecified atom stereocenters. The number of nitrogens with zero attached hydrogens (tertiary/aromatic N) is 5. The van der Waals surface area contributed by atoms with Gasteiger partial charge in [0.25, 0.3) is 21.9 Å². The number of carbonyl (C=O) groups is 2. The van der Waals surface area contributed by atoms with Crippen LogP contribution in [-0.4, -0.2) is 48.0 Å². The zero-order valence-electron chi connectivity index (χ0n) is 26.4. The molecular formula is C35H36N8O4S. The lowest BCUT2D eigenvalue weighted by atomic mass is 9.84. The van der Waals surface area contributed by atoms with Crippen LogP contribution in [0.25, 0.3) is 0 Å². The smallest absolute Gasteiger partial charge is 0.307 e. The van der Waals surface area contributed by atoms with Gasteiger partial charge in [-0.25, -0.2) is 13.2 Å². The fourth-order valence-electron chi connectivity index (χ4n) is 5.84. The molecule has 1 fully saturated rings. The van der Waals surface area contributed by atoms with Gasteiger partial charge in [0.15, 0.2) is 0 Å². The number of tetrazole rings is 1. The van der Waals surface area contributed by atoms with Crippen molar-refractivity contribution in [2.75, 3.05) is 26.9 Å². The molecule has 1 heterocycles. The molecule has 13 heteroatoms. The second-order valence-corrected chi connectivity index (χ2v) is 13.6. The van der Waals surface area contributed by atoms with Crippen molar-refractivity contribution >= 4 is 45.0 Å². The van der Waals surface area contributed by atoms with E-state index in [1.54, 1.807) is 65.6 Å². The average Bonchev–Trinajstić information content (AvgIpc) is 3.64. The summed E-state index contributed by atoms with van der Waals surface area (Å²) in [5, 5.41) is 18.7. The zero-order valence-corrected chi connectivity index (χ0v) is 27.2. The van der Waals surface area contributed by atoms with Gasteiger partial charge in [0, 0.05) is 24.0 Å². The number of sulfonamides is 1. The van der Waals surface area contributed by atoms with Crippen LogP contribution in [-0.2, 0) is 16.6 Å². The molecule has 5 aromatic rings. The summed E-state index contributed by atoms with van der Waals surface area (Å²) in [5.74, 6) is 0.177. The Bertz CT molecular complexity index is 1950. The Morgan fingerprint density at radius 3 is 2.25 bits per heavy atom. The van der Waals surface area contributed by atoms with Gasteiger partial charge in [-0.3, -0.25) is 19.3 Å². The van der Waals surface area contributed by atoms with E-state index in [0.717, 1.165) is 18.4 Å². The van der Waals surface area contributed by atoms with Crippen LogP contribution in [0.4, 0.5) is 27.8 Å². The fourth-order valence-corrected chi connectivity index (χ4v) is 7.08. The molecule has 0 radical (unpaired) electrons. The first kappa shape index (κ1) is 32.4. The molecule has 1 saturated carbocycles. The second kappa shape index (κ2) is 14.5. The number of para-hydroxylation sites is 1. The first-order valence-corrected chi connectivity index (χ1v) is 17.2. The molecule has 0 aliphatic heterocycles. The number of carbonyl (C=O) groups excluding carboxylic acids is 2. The van der Waals surface area contributed by atoms with E-state index in [1.807, 2.05) is 18.2 Å². The van der Waals surface area contributed by atoms with E-state index in [-0.39, 0.29) is 17.4 Å². The maximum Gasteiger partial charge on any atom is 0.326 e. The second-order valence-electron chi connectivity index (χ2n) is 11.7. The normalized spacial score (nSPS) is 13.4. The number of nitrogens with one attached hydrogen (secondary N) is 3. The van der Waals surface area contributed by atoms with E-state index in [4.69, 9.17) is 0 Å². The van der Waals surface area contributed by atoms with Gasteiger partial charge in [-0.05, 0) is 89.7 Å². The third-order valence-corrected chi connectivity index (χ3v) is 10.3. The Morgan fingerprint density at radius 1 is 0.833 bits per heavy atom. The third kappa shape index (κ3) is 7.52. The van der Waals surface area contributed by atoms with Crippen LogP contribution >= 0.6 is 0 Å². The molecule has 48 heavy (non-hydrogen) atoms. The quantitative estimate of drug-likeness (QED) is 0.153. The van der Waals surface area contributed by atoms with Gasteiger partial charge in [0.1, 0.15) is 0 Å². The number of hydrogen-bond donors (Lipinski definition) is 3. The summed E-state index contributed by atoms with van der Waals surface area (Å²) < 4.78 is 28.1. The van der Waals surface area contributed by atoms with Crippen molar-refractivity contribution in [3.8, 4) is 0 Å². The van der Waals surface area contributed by atoms with Crippen molar-refractivity contribution in [1.29, 1.82) is 0 Å². The summed E-state index contributed by atoms with van der Waals surface area (Å²) in [6, 6.07) is 29.5. The highest BCUT2D eigenvalue weighted by molar-refractivity contribution is 7.92. The van der Waals surface area contributed by atoms with Crippen LogP contribution in [0, 0.1) is 0 Å². The molecule has 6 rings (SSSR count). The summed E-state index contributed by atoms with van der Waals surface area (Å²) in [6.45, 7) is 0.191. The van der Waals surface area contributed by atoms with Crippen LogP contribution in [0.3, 0.4) is 0 Å². The Hall–Kier alpha value is -5.56. The molecule has 246 valence electrons. The summed E-state index contributed by atoms with van der Waals surface area (Å²) in [7, 11) is -2.40. The molecule has 3 N–H and O–H groups in total. The highest BCUT2D eigenvalue weighted by Gasteiger charge is 2.23. The van der Waals surface area contributed by atoms with E-state index >= 15 is 0 Å². The lowest BCUT2D eigenvalue weighted by Gasteiger charge is -2.26. The molecule has 3 amide bonds. The van der Waals surface area contributed by atoms with E-state index in [2.05, 4.69) is 43.4 Å². The topological polar surface area (TPSA) is 153 Å². The number of aromatic amines is 1. The third-order valence-electron chi connectivity index (χ3n) is 8.52. The van der Waals surface area contributed by atoms with E-state index in [9.17, 15) is 18.0 Å². The minimum atomic E-state index is -3.89. The van der Waals surface area contributed by atoms with Gasteiger partial charge in [-0.1, -0.05) is 72.9 Å². The molecule has 12 nitrogen and oxygen atoms in total. The average molecular weight is 665 g/mol. The molecule has 0 atom stereocenters. The van der Waals surface area contributed by atoms with Gasteiger partial charge in [-0.2, -0.15) is 5.21 Å². The number of aromatic nitrogens is 4. The Kier molecular flexibility index (Phi) is 9.76. The van der Waals surface area contributed by atoms with Crippen LogP contribution in [0.5, 0.6) is 0 Å². The number of urea groups is 1. The lowest BCUT2D eigenvalue weighted by Crippen LogP contribution is -2.34. The molecule has 1 aliphatic rings. The van der Waals surface area contributed by atoms with Gasteiger partial charge in [-0.15, -0.1) is 5.10 Å². The van der Waals surface area contributed by atoms with E-state index < -0.39 is 22.0 Å². The fraction of sp³-hybridized carbons (Fsp3) is 0.229. The zero-order chi connectivity index (χ0) is 33.5. The molecular weight excluding hydrogens is 629 g/mol. The van der Waals surface area contributed by atoms with Gasteiger partial charge < -0.3 is 5.32 Å². The summed E-state index contributed by atoms with van der Waals surface area (Å²) >= 11 is 0. The van der Waals surface area contributed by atoms with E-state index in [0.29, 0.717) is 28.5 Å². The van der Waals surface area contributed by atoms with Crippen molar-refractivity contribution in [1.82, 2.24) is 20.6 Å². The maximum atomic E-state index is 13.9. The van der Waals surface area contributed by atoms with Gasteiger partial charge >= 0.3 is 6.03 Å². The van der Waals surface area contributed by atoms with Crippen LogP contribution in [0.15, 0.2) is 108 Å². The number of benzene rings is 4. The highest BCUT2D eigenvalue weighted by Crippen LogP contribution is 2.34. The predicted molar refractivity (Wildman–Crippen MR) is 185 cm³/mol. The molecule has 1 aliphatic carbocycles. The van der Waals surface area contributed by atoms with Crippen LogP contribution in [0.1, 0.15) is 59.5 Å². The highest BCUT2D eigenvalue weighted by atomic mass is 32.2. The summed E-state index contributed by atoms with van der Waals surface area (Å²) in [4.78, 5) is 28.2. The summed E-state index contributed by atoms with van der Waals surface area (Å²) in [6.07, 6.45) is 6.04. The number of H-pyrrole nitrogens is 1. The van der Waals surface area contributed by atoms with Crippen molar-refractivity contribution in [2.24, 2.45) is 0 Å². The van der Waals surface area contributed by atoms with E-state index in [1.165, 1.54) is 48.3 Å². The first-order valence-electron chi connectivity index (χ1n) is 15.7. The number of amides is 3. The van der Waals surface area contributed by atoms with Crippen molar-refractivity contribution in [3.05, 3.63) is 120 Å². The molecule has 4 aromatic carbocycles. The monoisotopic (exact) mass is 664 g/mol. The van der Waals surface area contributed by atoms with Crippen molar-refractivity contribution in [3.63, 3.8) is 0 Å². The van der Waals surface area contributed by atoms with Crippen molar-refractivity contribution < 1.29 is 18.0 Å². The van der Waals surface area contributed by atoms with Crippen LogP contribution < -0.4 is 19.8 Å². The van der Waals surface area contributed by atoms with Gasteiger partial charge in [0.05, 0.1) is 17.1 Å². The minimum Gasteiger partial charge on any atom is -0.307 e. The molecule has 0 saturated heterocycles. The molecule has 1 aromatic heterocycles. The SMILES string of the molecule is CN(c1ccccc1)S(=O)(=O)c1cccc(NC(=O)N(Cc2ccc(C(=O)Nc3nn[nH]n3)cc2)c2ccc(C3CCCCC3)cc2)c1. The number of rotatable bonds is 10. The Morgan fingerprint density at radius 2 is 1.56 bits per heavy atom. The Balaban J connectivity index is 1.23. The predicted octanol–water partition coefficient (Wildman–Crippen LogP) is 6.56. The number of hydrogen-bond acceptors (Lipinski definition) is 7. The molecule has 0 spiro atoms. The maximum absolute atomic E-state index is 13.9. The number of anilines is 4. The largest absolute Gasteiger partial charge is 0.326 e. The van der Waals surface area contributed by atoms with Crippen LogP contribution in [0.2, 0.25) is 0 Å².